The molecule has 0 atom stereocenters. The van der Waals surface area contributed by atoms with Gasteiger partial charge in [0.05, 0.1) is 18.1 Å². The molecule has 0 unspecified atom stereocenters. The Balaban J connectivity index is 1.93. The van der Waals surface area contributed by atoms with Crippen LogP contribution in [-0.4, -0.2) is 15.7 Å². The van der Waals surface area contributed by atoms with Crippen molar-refractivity contribution in [1.29, 1.82) is 0 Å². The standard InChI is InChI=1S/C13H14N4O2/c1-17-7-9(6-15-17)19-12-5-11-8(4-10(12)14)2-3-13(18)16-11/h4-7H,2-3,14H2,1H3,(H,16,18). The molecule has 0 radical (unpaired) electrons. The Kier molecular flexibility index (Phi) is 2.63. The molecule has 2 heterocycles. The van der Waals surface area contributed by atoms with Gasteiger partial charge in [-0.05, 0) is 18.1 Å². The third-order valence-electron chi connectivity index (χ3n) is 3.04. The molecule has 2 aromatic rings. The smallest absolute Gasteiger partial charge is 0.224 e. The maximum Gasteiger partial charge on any atom is 0.224 e. The van der Waals surface area contributed by atoms with E-state index in [0.29, 0.717) is 30.0 Å². The molecule has 0 fully saturated rings. The van der Waals surface area contributed by atoms with Gasteiger partial charge in [-0.1, -0.05) is 0 Å². The number of aryl methyl sites for hydroxylation is 2. The van der Waals surface area contributed by atoms with Crippen molar-refractivity contribution in [2.24, 2.45) is 7.05 Å². The number of hydrogen-bond acceptors (Lipinski definition) is 4. The van der Waals surface area contributed by atoms with Crippen LogP contribution in [-0.2, 0) is 18.3 Å². The molecule has 1 aromatic carbocycles. The summed E-state index contributed by atoms with van der Waals surface area (Å²) in [7, 11) is 1.81. The van der Waals surface area contributed by atoms with E-state index in [4.69, 9.17) is 10.5 Å². The number of nitrogen functional groups attached to an aromatic ring is 1. The average Bonchev–Trinajstić information content (AvgIpc) is 2.76. The van der Waals surface area contributed by atoms with E-state index in [0.717, 1.165) is 11.3 Å². The zero-order valence-electron chi connectivity index (χ0n) is 10.5. The van der Waals surface area contributed by atoms with Crippen LogP contribution < -0.4 is 15.8 Å². The highest BCUT2D eigenvalue weighted by Gasteiger charge is 2.17. The maximum atomic E-state index is 11.4. The summed E-state index contributed by atoms with van der Waals surface area (Å²) in [6.45, 7) is 0. The van der Waals surface area contributed by atoms with Gasteiger partial charge in [0.15, 0.2) is 11.5 Å². The first-order valence-corrected chi connectivity index (χ1v) is 6.00. The van der Waals surface area contributed by atoms with Gasteiger partial charge < -0.3 is 15.8 Å². The van der Waals surface area contributed by atoms with Gasteiger partial charge in [-0.25, -0.2) is 0 Å². The number of aromatic nitrogens is 2. The summed E-state index contributed by atoms with van der Waals surface area (Å²) in [5, 5.41) is 6.85. The number of nitrogens with one attached hydrogen (secondary N) is 1. The van der Waals surface area contributed by atoms with Crippen molar-refractivity contribution in [3.8, 4) is 11.5 Å². The molecule has 3 rings (SSSR count). The number of amides is 1. The molecule has 1 aliphatic rings. The minimum Gasteiger partial charge on any atom is -0.452 e. The fourth-order valence-electron chi connectivity index (χ4n) is 2.09. The Morgan fingerprint density at radius 3 is 3.00 bits per heavy atom. The highest BCUT2D eigenvalue weighted by atomic mass is 16.5. The predicted molar refractivity (Wildman–Crippen MR) is 71.1 cm³/mol. The lowest BCUT2D eigenvalue weighted by Gasteiger charge is -2.18. The van der Waals surface area contributed by atoms with Gasteiger partial charge in [0, 0.05) is 25.2 Å². The lowest BCUT2D eigenvalue weighted by atomic mass is 10.0. The summed E-state index contributed by atoms with van der Waals surface area (Å²) >= 11 is 0. The molecule has 3 N–H and O–H groups in total. The number of carbonyl (C=O) groups is 1. The van der Waals surface area contributed by atoms with Crippen LogP contribution in [0, 0.1) is 0 Å². The SMILES string of the molecule is Cn1cc(Oc2cc3c(cc2N)CCC(=O)N3)cn1. The van der Waals surface area contributed by atoms with Gasteiger partial charge in [-0.3, -0.25) is 9.48 Å². The summed E-state index contributed by atoms with van der Waals surface area (Å²) in [6.07, 6.45) is 4.56. The largest absolute Gasteiger partial charge is 0.452 e. The molecular formula is C13H14N4O2. The topological polar surface area (TPSA) is 82.2 Å². The van der Waals surface area contributed by atoms with E-state index in [1.807, 2.05) is 13.1 Å². The van der Waals surface area contributed by atoms with Gasteiger partial charge in [0.2, 0.25) is 5.91 Å². The Morgan fingerprint density at radius 1 is 1.42 bits per heavy atom. The maximum absolute atomic E-state index is 11.4. The molecule has 0 bridgehead atoms. The quantitative estimate of drug-likeness (QED) is 0.803. The zero-order valence-corrected chi connectivity index (χ0v) is 10.5. The number of nitrogens with zero attached hydrogens (tertiary/aromatic N) is 2. The first kappa shape index (κ1) is 11.6. The molecular weight excluding hydrogens is 244 g/mol. The van der Waals surface area contributed by atoms with Gasteiger partial charge in [0.1, 0.15) is 0 Å². The van der Waals surface area contributed by atoms with Crippen molar-refractivity contribution in [3.05, 3.63) is 30.1 Å². The Morgan fingerprint density at radius 2 is 2.26 bits per heavy atom. The second-order valence-electron chi connectivity index (χ2n) is 4.55. The van der Waals surface area contributed by atoms with E-state index in [2.05, 4.69) is 10.4 Å². The number of ether oxygens (including phenoxy) is 1. The molecule has 98 valence electrons. The number of hydrogen-bond donors (Lipinski definition) is 2. The van der Waals surface area contributed by atoms with Crippen LogP contribution in [0.5, 0.6) is 11.5 Å². The number of fused-ring (bicyclic) bond motifs is 1. The summed E-state index contributed by atoms with van der Waals surface area (Å²) in [4.78, 5) is 11.4. The zero-order chi connectivity index (χ0) is 13.4. The minimum atomic E-state index is 0.0181. The van der Waals surface area contributed by atoms with E-state index < -0.39 is 0 Å². The van der Waals surface area contributed by atoms with Crippen LogP contribution in [0.15, 0.2) is 24.5 Å². The van der Waals surface area contributed by atoms with Gasteiger partial charge >= 0.3 is 0 Å². The highest BCUT2D eigenvalue weighted by Crippen LogP contribution is 2.34. The van der Waals surface area contributed by atoms with Crippen molar-refractivity contribution >= 4 is 17.3 Å². The highest BCUT2D eigenvalue weighted by molar-refractivity contribution is 5.94. The fourth-order valence-corrected chi connectivity index (χ4v) is 2.09. The third-order valence-corrected chi connectivity index (χ3v) is 3.04. The van der Waals surface area contributed by atoms with E-state index >= 15 is 0 Å². The van der Waals surface area contributed by atoms with Crippen LogP contribution >= 0.6 is 0 Å². The Labute approximate surface area is 110 Å². The monoisotopic (exact) mass is 258 g/mol. The number of nitrogens with two attached hydrogens (primary N) is 1. The lowest BCUT2D eigenvalue weighted by Crippen LogP contribution is -2.19. The molecule has 0 saturated carbocycles. The number of rotatable bonds is 2. The molecule has 6 heteroatoms. The van der Waals surface area contributed by atoms with Crippen LogP contribution in [0.3, 0.4) is 0 Å². The van der Waals surface area contributed by atoms with Gasteiger partial charge in [0.25, 0.3) is 0 Å². The molecule has 0 aliphatic carbocycles. The van der Waals surface area contributed by atoms with E-state index in [1.54, 1.807) is 23.1 Å². The van der Waals surface area contributed by atoms with Crippen LogP contribution in [0.1, 0.15) is 12.0 Å². The predicted octanol–water partition coefficient (Wildman–Crippen LogP) is 1.68. The normalized spacial score (nSPS) is 13.8. The van der Waals surface area contributed by atoms with Crippen molar-refractivity contribution in [2.45, 2.75) is 12.8 Å². The Hall–Kier alpha value is -2.50. The summed E-state index contributed by atoms with van der Waals surface area (Å²) in [6, 6.07) is 3.61. The van der Waals surface area contributed by atoms with Crippen LogP contribution in [0.25, 0.3) is 0 Å². The lowest BCUT2D eigenvalue weighted by molar-refractivity contribution is -0.116. The summed E-state index contributed by atoms with van der Waals surface area (Å²) in [5.41, 5.74) is 8.33. The van der Waals surface area contributed by atoms with Crippen molar-refractivity contribution < 1.29 is 9.53 Å². The molecule has 1 aliphatic heterocycles. The van der Waals surface area contributed by atoms with Crippen molar-refractivity contribution in [1.82, 2.24) is 9.78 Å². The van der Waals surface area contributed by atoms with Crippen LogP contribution in [0.4, 0.5) is 11.4 Å². The minimum absolute atomic E-state index is 0.0181. The first-order chi connectivity index (χ1) is 9.11. The molecule has 1 amide bonds. The molecule has 19 heavy (non-hydrogen) atoms. The number of benzene rings is 1. The van der Waals surface area contributed by atoms with Crippen LogP contribution in [0.2, 0.25) is 0 Å². The van der Waals surface area contributed by atoms with Gasteiger partial charge in [-0.2, -0.15) is 5.10 Å². The second kappa shape index (κ2) is 4.31. The molecule has 1 aromatic heterocycles. The molecule has 0 spiro atoms. The van der Waals surface area contributed by atoms with Gasteiger partial charge in [-0.15, -0.1) is 0 Å². The second-order valence-corrected chi connectivity index (χ2v) is 4.55. The van der Waals surface area contributed by atoms with E-state index in [-0.39, 0.29) is 5.91 Å². The summed E-state index contributed by atoms with van der Waals surface area (Å²) < 4.78 is 7.32. The van der Waals surface area contributed by atoms with E-state index in [9.17, 15) is 4.79 Å². The Bertz CT molecular complexity index is 648. The number of carbonyl (C=O) groups excluding carboxylic acids is 1. The van der Waals surface area contributed by atoms with Crippen molar-refractivity contribution in [2.75, 3.05) is 11.1 Å². The fraction of sp³-hybridized carbons (Fsp3) is 0.231. The first-order valence-electron chi connectivity index (χ1n) is 6.00. The molecule has 6 nitrogen and oxygen atoms in total. The van der Waals surface area contributed by atoms with E-state index in [1.165, 1.54) is 0 Å². The average molecular weight is 258 g/mol. The molecule has 0 saturated heterocycles. The summed E-state index contributed by atoms with van der Waals surface area (Å²) in [5.74, 6) is 1.15. The third kappa shape index (κ3) is 2.24. The van der Waals surface area contributed by atoms with Crippen molar-refractivity contribution in [3.63, 3.8) is 0 Å². The number of anilines is 2.